The fourth-order valence-electron chi connectivity index (χ4n) is 4.22. The zero-order valence-electron chi connectivity index (χ0n) is 17.7. The molecule has 1 fully saturated rings. The van der Waals surface area contributed by atoms with Crippen LogP contribution in [0, 0.1) is 6.92 Å². The SMILES string of the molecule is CC.Cc1cc(N2CCN(c3ccc4c(c3)CN(C)C4=O)CC2)n2ccnc2c1. The van der Waals surface area contributed by atoms with Crippen molar-refractivity contribution in [1.82, 2.24) is 14.3 Å². The summed E-state index contributed by atoms with van der Waals surface area (Å²) in [6.45, 7) is 10.7. The molecule has 1 saturated heterocycles. The summed E-state index contributed by atoms with van der Waals surface area (Å²) in [6, 6.07) is 10.6. The van der Waals surface area contributed by atoms with E-state index in [1.807, 2.05) is 39.4 Å². The second-order valence-electron chi connectivity index (χ2n) is 7.52. The Labute approximate surface area is 172 Å². The van der Waals surface area contributed by atoms with Gasteiger partial charge in [-0.2, -0.15) is 0 Å². The molecule has 29 heavy (non-hydrogen) atoms. The van der Waals surface area contributed by atoms with Crippen molar-refractivity contribution in [2.24, 2.45) is 0 Å². The van der Waals surface area contributed by atoms with Gasteiger partial charge >= 0.3 is 0 Å². The molecular formula is C23H29N5O. The first-order valence-electron chi connectivity index (χ1n) is 10.4. The molecule has 5 rings (SSSR count). The molecule has 3 aromatic rings. The van der Waals surface area contributed by atoms with Gasteiger partial charge in [0.25, 0.3) is 5.91 Å². The average Bonchev–Trinajstić information content (AvgIpc) is 3.33. The van der Waals surface area contributed by atoms with E-state index in [2.05, 4.69) is 50.4 Å². The molecule has 1 aromatic carbocycles. The summed E-state index contributed by atoms with van der Waals surface area (Å²) in [5.41, 5.74) is 5.44. The number of hydrogen-bond donors (Lipinski definition) is 0. The summed E-state index contributed by atoms with van der Waals surface area (Å²) in [4.78, 5) is 23.2. The number of benzene rings is 1. The first kappa shape index (κ1) is 19.3. The minimum Gasteiger partial charge on any atom is -0.368 e. The number of rotatable bonds is 2. The highest BCUT2D eigenvalue weighted by Crippen LogP contribution is 2.28. The molecule has 0 bridgehead atoms. The second kappa shape index (κ2) is 7.78. The molecule has 0 radical (unpaired) electrons. The number of piperazine rings is 1. The fraction of sp³-hybridized carbons (Fsp3) is 0.391. The van der Waals surface area contributed by atoms with Gasteiger partial charge in [-0.05, 0) is 48.4 Å². The van der Waals surface area contributed by atoms with Gasteiger partial charge in [0.15, 0.2) is 0 Å². The van der Waals surface area contributed by atoms with Crippen LogP contribution in [0.5, 0.6) is 0 Å². The van der Waals surface area contributed by atoms with Crippen LogP contribution in [0.1, 0.15) is 35.3 Å². The Balaban J connectivity index is 0.000000994. The lowest BCUT2D eigenvalue weighted by Gasteiger charge is -2.37. The predicted octanol–water partition coefficient (Wildman–Crippen LogP) is 3.58. The van der Waals surface area contributed by atoms with E-state index in [0.717, 1.165) is 43.0 Å². The molecule has 2 aliphatic heterocycles. The van der Waals surface area contributed by atoms with Gasteiger partial charge in [-0.15, -0.1) is 0 Å². The number of carbonyl (C=O) groups excluding carboxylic acids is 1. The zero-order valence-corrected chi connectivity index (χ0v) is 17.7. The van der Waals surface area contributed by atoms with Gasteiger partial charge in [-0.1, -0.05) is 13.8 Å². The van der Waals surface area contributed by atoms with Crippen LogP contribution in [-0.2, 0) is 6.54 Å². The summed E-state index contributed by atoms with van der Waals surface area (Å²) in [7, 11) is 1.86. The van der Waals surface area contributed by atoms with Gasteiger partial charge in [0.2, 0.25) is 0 Å². The van der Waals surface area contributed by atoms with Crippen LogP contribution in [0.3, 0.4) is 0 Å². The lowest BCUT2D eigenvalue weighted by atomic mass is 10.1. The molecular weight excluding hydrogens is 362 g/mol. The minimum absolute atomic E-state index is 0.130. The molecule has 0 atom stereocenters. The van der Waals surface area contributed by atoms with E-state index in [9.17, 15) is 4.79 Å². The van der Waals surface area contributed by atoms with Crippen LogP contribution in [0.25, 0.3) is 5.65 Å². The summed E-state index contributed by atoms with van der Waals surface area (Å²) in [5.74, 6) is 1.34. The van der Waals surface area contributed by atoms with Crippen molar-refractivity contribution in [3.63, 3.8) is 0 Å². The number of aromatic nitrogens is 2. The molecule has 0 aliphatic carbocycles. The quantitative estimate of drug-likeness (QED) is 0.670. The van der Waals surface area contributed by atoms with Crippen molar-refractivity contribution in [2.75, 3.05) is 43.0 Å². The van der Waals surface area contributed by atoms with E-state index in [0.29, 0.717) is 6.54 Å². The lowest BCUT2D eigenvalue weighted by Crippen LogP contribution is -2.47. The molecule has 6 heteroatoms. The van der Waals surface area contributed by atoms with Gasteiger partial charge in [-0.3, -0.25) is 9.20 Å². The van der Waals surface area contributed by atoms with Crippen LogP contribution in [-0.4, -0.2) is 53.4 Å². The molecule has 0 N–H and O–H groups in total. The van der Waals surface area contributed by atoms with E-state index in [4.69, 9.17) is 0 Å². The minimum atomic E-state index is 0.130. The Bertz CT molecular complexity index is 1030. The average molecular weight is 392 g/mol. The third-order valence-electron chi connectivity index (χ3n) is 5.67. The number of pyridine rings is 1. The summed E-state index contributed by atoms with van der Waals surface area (Å²) in [5, 5.41) is 0. The highest BCUT2D eigenvalue weighted by atomic mass is 16.2. The highest BCUT2D eigenvalue weighted by Gasteiger charge is 2.26. The van der Waals surface area contributed by atoms with Gasteiger partial charge in [0.1, 0.15) is 11.5 Å². The van der Waals surface area contributed by atoms with Crippen molar-refractivity contribution in [1.29, 1.82) is 0 Å². The Kier molecular flexibility index (Phi) is 5.18. The van der Waals surface area contributed by atoms with Crippen LogP contribution in [0.4, 0.5) is 11.5 Å². The fourth-order valence-corrected chi connectivity index (χ4v) is 4.22. The van der Waals surface area contributed by atoms with Crippen LogP contribution >= 0.6 is 0 Å². The van der Waals surface area contributed by atoms with Crippen LogP contribution in [0.15, 0.2) is 42.7 Å². The standard InChI is InChI=1S/C21H23N5O.C2H6/c1-15-11-19-22-5-6-26(19)20(12-15)25-9-7-24(8-10-25)17-3-4-18-16(13-17)14-23(2)21(18)27;1-2/h3-6,11-13H,7-10,14H2,1-2H3;1-2H3. The van der Waals surface area contributed by atoms with Crippen molar-refractivity contribution >= 4 is 23.1 Å². The predicted molar refractivity (Wildman–Crippen MR) is 118 cm³/mol. The summed E-state index contributed by atoms with van der Waals surface area (Å²) >= 11 is 0. The van der Waals surface area contributed by atoms with E-state index < -0.39 is 0 Å². The van der Waals surface area contributed by atoms with Gasteiger partial charge in [0, 0.05) is 63.4 Å². The van der Waals surface area contributed by atoms with Gasteiger partial charge < -0.3 is 14.7 Å². The lowest BCUT2D eigenvalue weighted by molar-refractivity contribution is 0.0816. The smallest absolute Gasteiger partial charge is 0.254 e. The van der Waals surface area contributed by atoms with E-state index in [1.54, 1.807) is 4.90 Å². The monoisotopic (exact) mass is 391 g/mol. The molecule has 1 amide bonds. The summed E-state index contributed by atoms with van der Waals surface area (Å²) < 4.78 is 2.17. The van der Waals surface area contributed by atoms with Gasteiger partial charge in [0.05, 0.1) is 0 Å². The van der Waals surface area contributed by atoms with Crippen molar-refractivity contribution in [3.05, 3.63) is 59.4 Å². The first-order chi connectivity index (χ1) is 14.1. The largest absolute Gasteiger partial charge is 0.368 e. The first-order valence-corrected chi connectivity index (χ1v) is 10.4. The van der Waals surface area contributed by atoms with E-state index in [1.165, 1.54) is 17.1 Å². The number of anilines is 2. The van der Waals surface area contributed by atoms with Crippen LogP contribution < -0.4 is 9.80 Å². The second-order valence-corrected chi connectivity index (χ2v) is 7.52. The number of hydrogen-bond acceptors (Lipinski definition) is 4. The van der Waals surface area contributed by atoms with Crippen molar-refractivity contribution < 1.29 is 4.79 Å². The molecule has 0 unspecified atom stereocenters. The van der Waals surface area contributed by atoms with Crippen molar-refractivity contribution in [3.8, 4) is 0 Å². The normalized spacial score (nSPS) is 16.1. The number of amides is 1. The van der Waals surface area contributed by atoms with Crippen LogP contribution in [0.2, 0.25) is 0 Å². The van der Waals surface area contributed by atoms with E-state index >= 15 is 0 Å². The Morgan fingerprint density at radius 2 is 1.69 bits per heavy atom. The number of imidazole rings is 1. The topological polar surface area (TPSA) is 44.1 Å². The maximum absolute atomic E-state index is 12.1. The molecule has 2 aliphatic rings. The molecule has 0 saturated carbocycles. The highest BCUT2D eigenvalue weighted by molar-refractivity contribution is 5.98. The van der Waals surface area contributed by atoms with E-state index in [-0.39, 0.29) is 5.91 Å². The molecule has 6 nitrogen and oxygen atoms in total. The third kappa shape index (κ3) is 3.43. The third-order valence-corrected chi connectivity index (χ3v) is 5.67. The summed E-state index contributed by atoms with van der Waals surface area (Å²) in [6.07, 6.45) is 3.89. The Morgan fingerprint density at radius 3 is 2.45 bits per heavy atom. The van der Waals surface area contributed by atoms with Gasteiger partial charge in [-0.25, -0.2) is 4.98 Å². The molecule has 4 heterocycles. The molecule has 152 valence electrons. The number of nitrogens with zero attached hydrogens (tertiary/aromatic N) is 5. The number of fused-ring (bicyclic) bond motifs is 2. The number of carbonyl (C=O) groups is 1. The Morgan fingerprint density at radius 1 is 0.966 bits per heavy atom. The maximum Gasteiger partial charge on any atom is 0.254 e. The Hall–Kier alpha value is -3.02. The van der Waals surface area contributed by atoms with Crippen molar-refractivity contribution in [2.45, 2.75) is 27.3 Å². The molecule has 2 aromatic heterocycles. The molecule has 0 spiro atoms. The maximum atomic E-state index is 12.1. The number of aryl methyl sites for hydroxylation is 1. The zero-order chi connectivity index (χ0) is 20.5.